The van der Waals surface area contributed by atoms with Crippen molar-refractivity contribution in [1.29, 1.82) is 0 Å². The number of hydrogen-bond acceptors (Lipinski definition) is 3. The third-order valence-electron chi connectivity index (χ3n) is 3.59. The van der Waals surface area contributed by atoms with Crippen LogP contribution in [-0.2, 0) is 11.2 Å². The first-order valence-electron chi connectivity index (χ1n) is 6.73. The second kappa shape index (κ2) is 6.91. The molecule has 19 heavy (non-hydrogen) atoms. The van der Waals surface area contributed by atoms with Gasteiger partial charge >= 0.3 is 0 Å². The van der Waals surface area contributed by atoms with E-state index in [1.54, 1.807) is 6.20 Å². The van der Waals surface area contributed by atoms with Crippen molar-refractivity contribution in [3.8, 4) is 0 Å². The van der Waals surface area contributed by atoms with E-state index in [0.29, 0.717) is 6.42 Å². The molecule has 0 aromatic carbocycles. The average Bonchev–Trinajstić information content (AvgIpc) is 2.42. The summed E-state index contributed by atoms with van der Waals surface area (Å²) in [4.78, 5) is 4.44. The summed E-state index contributed by atoms with van der Waals surface area (Å²) in [5, 5.41) is 0. The van der Waals surface area contributed by atoms with Crippen molar-refractivity contribution in [1.82, 2.24) is 4.98 Å². The highest BCUT2D eigenvalue weighted by Gasteiger charge is 2.26. The number of hydrogen-bond donors (Lipinski definition) is 1. The summed E-state index contributed by atoms with van der Waals surface area (Å²) >= 11 is 0. The summed E-state index contributed by atoms with van der Waals surface area (Å²) in [6.07, 6.45) is 3.14. The summed E-state index contributed by atoms with van der Waals surface area (Å²) in [6.45, 7) is -0.226. The molecule has 2 atom stereocenters. The highest BCUT2D eigenvalue weighted by atomic mass is 19.3. The van der Waals surface area contributed by atoms with Gasteiger partial charge in [-0.15, -0.1) is 0 Å². The van der Waals surface area contributed by atoms with Gasteiger partial charge in [0.1, 0.15) is 6.61 Å². The van der Waals surface area contributed by atoms with Crippen LogP contribution in [-0.4, -0.2) is 30.7 Å². The lowest BCUT2D eigenvalue weighted by molar-refractivity contribution is 0.0145. The van der Waals surface area contributed by atoms with Crippen LogP contribution in [0, 0.1) is 0 Å². The summed E-state index contributed by atoms with van der Waals surface area (Å²) in [7, 11) is 0. The Kier molecular flexibility index (Phi) is 5.22. The first-order chi connectivity index (χ1) is 9.18. The Morgan fingerprint density at radius 2 is 2.32 bits per heavy atom. The Balaban J connectivity index is 1.88. The number of aryl methyl sites for hydroxylation is 1. The normalized spacial score (nSPS) is 20.3. The molecule has 3 nitrogen and oxygen atoms in total. The third-order valence-corrected chi connectivity index (χ3v) is 3.59. The molecule has 0 bridgehead atoms. The highest BCUT2D eigenvalue weighted by Crippen LogP contribution is 2.32. The third kappa shape index (κ3) is 3.94. The number of nitrogens with two attached hydrogens (primary N) is 1. The van der Waals surface area contributed by atoms with Gasteiger partial charge in [-0.1, -0.05) is 6.07 Å². The number of nitrogens with zero attached hydrogens (tertiary/aromatic N) is 1. The van der Waals surface area contributed by atoms with Gasteiger partial charge in [-0.2, -0.15) is 0 Å². The van der Waals surface area contributed by atoms with E-state index in [2.05, 4.69) is 11.1 Å². The van der Waals surface area contributed by atoms with Crippen LogP contribution >= 0.6 is 0 Å². The highest BCUT2D eigenvalue weighted by molar-refractivity contribution is 5.27. The molecule has 2 unspecified atom stereocenters. The SMILES string of the molecule is NC(CCOCC(F)F)C1CCCc2cccnc21. The molecule has 0 saturated heterocycles. The van der Waals surface area contributed by atoms with Crippen LogP contribution in [0.1, 0.15) is 36.4 Å². The summed E-state index contributed by atoms with van der Waals surface area (Å²) in [5.41, 5.74) is 8.52. The van der Waals surface area contributed by atoms with Crippen LogP contribution in [0.25, 0.3) is 0 Å². The van der Waals surface area contributed by atoms with Gasteiger partial charge in [-0.05, 0) is 37.3 Å². The molecule has 106 valence electrons. The number of aromatic nitrogens is 1. The summed E-state index contributed by atoms with van der Waals surface area (Å²) in [5.74, 6) is 0.222. The van der Waals surface area contributed by atoms with Crippen molar-refractivity contribution in [2.24, 2.45) is 5.73 Å². The quantitative estimate of drug-likeness (QED) is 0.808. The lowest BCUT2D eigenvalue weighted by Crippen LogP contribution is -2.33. The van der Waals surface area contributed by atoms with Gasteiger partial charge in [0.15, 0.2) is 0 Å². The lowest BCUT2D eigenvalue weighted by Gasteiger charge is -2.29. The predicted molar refractivity (Wildman–Crippen MR) is 69.3 cm³/mol. The molecular weight excluding hydrogens is 250 g/mol. The van der Waals surface area contributed by atoms with Gasteiger partial charge in [-0.25, -0.2) is 8.78 Å². The second-order valence-corrected chi connectivity index (χ2v) is 4.97. The Hall–Kier alpha value is -1.07. The van der Waals surface area contributed by atoms with E-state index in [1.165, 1.54) is 5.56 Å². The zero-order chi connectivity index (χ0) is 13.7. The van der Waals surface area contributed by atoms with Crippen LogP contribution in [0.5, 0.6) is 0 Å². The monoisotopic (exact) mass is 270 g/mol. The molecule has 2 N–H and O–H groups in total. The fourth-order valence-corrected chi connectivity index (χ4v) is 2.66. The minimum atomic E-state index is -2.41. The fraction of sp³-hybridized carbons (Fsp3) is 0.643. The second-order valence-electron chi connectivity index (χ2n) is 4.97. The van der Waals surface area contributed by atoms with Crippen molar-refractivity contribution >= 4 is 0 Å². The molecule has 5 heteroatoms. The Morgan fingerprint density at radius 3 is 3.11 bits per heavy atom. The predicted octanol–water partition coefficient (Wildman–Crippen LogP) is 2.50. The summed E-state index contributed by atoms with van der Waals surface area (Å²) < 4.78 is 28.8. The number of halogens is 2. The molecule has 0 amide bonds. The number of fused-ring (bicyclic) bond motifs is 1. The molecule has 0 aliphatic heterocycles. The van der Waals surface area contributed by atoms with Crippen LogP contribution in [0.2, 0.25) is 0 Å². The Labute approximate surface area is 112 Å². The molecule has 0 radical (unpaired) electrons. The van der Waals surface area contributed by atoms with Gasteiger partial charge in [-0.3, -0.25) is 4.98 Å². The largest absolute Gasteiger partial charge is 0.375 e. The van der Waals surface area contributed by atoms with Crippen molar-refractivity contribution in [2.75, 3.05) is 13.2 Å². The fourth-order valence-electron chi connectivity index (χ4n) is 2.66. The van der Waals surface area contributed by atoms with Crippen molar-refractivity contribution in [2.45, 2.75) is 44.1 Å². The molecule has 0 fully saturated rings. The van der Waals surface area contributed by atoms with E-state index in [4.69, 9.17) is 10.5 Å². The van der Waals surface area contributed by atoms with Gasteiger partial charge in [0.2, 0.25) is 0 Å². The molecule has 0 spiro atoms. The van der Waals surface area contributed by atoms with Gasteiger partial charge < -0.3 is 10.5 Å². The Morgan fingerprint density at radius 1 is 1.47 bits per heavy atom. The van der Waals surface area contributed by atoms with Crippen LogP contribution in [0.15, 0.2) is 18.3 Å². The molecule has 1 aliphatic carbocycles. The molecule has 2 rings (SSSR count). The van der Waals surface area contributed by atoms with Crippen molar-refractivity contribution in [3.63, 3.8) is 0 Å². The van der Waals surface area contributed by atoms with E-state index in [0.717, 1.165) is 25.0 Å². The van der Waals surface area contributed by atoms with Gasteiger partial charge in [0.05, 0.1) is 0 Å². The van der Waals surface area contributed by atoms with E-state index in [-0.39, 0.29) is 18.6 Å². The molecule has 1 heterocycles. The smallest absolute Gasteiger partial charge is 0.261 e. The van der Waals surface area contributed by atoms with Crippen LogP contribution < -0.4 is 5.73 Å². The average molecular weight is 270 g/mol. The van der Waals surface area contributed by atoms with E-state index in [1.807, 2.05) is 6.07 Å². The summed E-state index contributed by atoms with van der Waals surface area (Å²) in [6, 6.07) is 3.96. The van der Waals surface area contributed by atoms with E-state index < -0.39 is 13.0 Å². The van der Waals surface area contributed by atoms with E-state index in [9.17, 15) is 8.78 Å². The molecular formula is C14H20F2N2O. The molecule has 1 aromatic rings. The maximum Gasteiger partial charge on any atom is 0.261 e. The maximum absolute atomic E-state index is 11.9. The zero-order valence-electron chi connectivity index (χ0n) is 10.9. The first kappa shape index (κ1) is 14.3. The minimum Gasteiger partial charge on any atom is -0.375 e. The zero-order valence-corrected chi connectivity index (χ0v) is 10.9. The minimum absolute atomic E-state index is 0.0772. The molecule has 0 saturated carbocycles. The standard InChI is InChI=1S/C14H20F2N2O/c15-13(16)9-19-8-6-12(17)11-5-1-3-10-4-2-7-18-14(10)11/h2,4,7,11-13H,1,3,5-6,8-9,17H2. The number of alkyl halides is 2. The van der Waals surface area contributed by atoms with Crippen molar-refractivity contribution in [3.05, 3.63) is 29.6 Å². The van der Waals surface area contributed by atoms with Crippen molar-refractivity contribution < 1.29 is 13.5 Å². The Bertz CT molecular complexity index is 401. The number of rotatable bonds is 6. The maximum atomic E-state index is 11.9. The topological polar surface area (TPSA) is 48.1 Å². The van der Waals surface area contributed by atoms with Gasteiger partial charge in [0, 0.05) is 30.5 Å². The van der Waals surface area contributed by atoms with Crippen LogP contribution in [0.3, 0.4) is 0 Å². The van der Waals surface area contributed by atoms with E-state index >= 15 is 0 Å². The number of ether oxygens (including phenoxy) is 1. The first-order valence-corrected chi connectivity index (χ1v) is 6.73. The van der Waals surface area contributed by atoms with Gasteiger partial charge in [0.25, 0.3) is 6.43 Å². The molecule has 1 aromatic heterocycles. The number of pyridine rings is 1. The molecule has 1 aliphatic rings. The van der Waals surface area contributed by atoms with Crippen LogP contribution in [0.4, 0.5) is 8.78 Å². The lowest BCUT2D eigenvalue weighted by atomic mass is 9.81.